The van der Waals surface area contributed by atoms with E-state index in [1.165, 1.54) is 11.5 Å². The number of amides is 1. The van der Waals surface area contributed by atoms with Gasteiger partial charge in [0.05, 0.1) is 5.69 Å². The van der Waals surface area contributed by atoms with Gasteiger partial charge in [-0.1, -0.05) is 11.6 Å². The first kappa shape index (κ1) is 15.5. The molecule has 2 N–H and O–H groups in total. The molecule has 0 saturated heterocycles. The maximum atomic E-state index is 12.3. The maximum Gasteiger partial charge on any atom is 0.277 e. The number of rotatable bonds is 5. The van der Waals surface area contributed by atoms with Crippen LogP contribution in [0.25, 0.3) is 0 Å². The van der Waals surface area contributed by atoms with Crippen LogP contribution >= 0.6 is 23.1 Å². The van der Waals surface area contributed by atoms with Gasteiger partial charge < -0.3 is 10.6 Å². The zero-order valence-electron chi connectivity index (χ0n) is 12.0. The number of halogens is 1. The molecule has 0 fully saturated rings. The van der Waals surface area contributed by atoms with Gasteiger partial charge in [0, 0.05) is 35.0 Å². The minimum Gasteiger partial charge on any atom is -0.378 e. The Kier molecular flexibility index (Phi) is 4.85. The molecule has 1 amide bonds. The van der Waals surface area contributed by atoms with Gasteiger partial charge in [0.15, 0.2) is 5.69 Å². The van der Waals surface area contributed by atoms with Gasteiger partial charge in [-0.25, -0.2) is 0 Å². The van der Waals surface area contributed by atoms with E-state index in [1.54, 1.807) is 36.7 Å². The number of anilines is 2. The fraction of sp³-hybridized carbons (Fsp3) is 0.0625. The summed E-state index contributed by atoms with van der Waals surface area (Å²) in [5.41, 5.74) is 2.83. The van der Waals surface area contributed by atoms with Crippen molar-refractivity contribution < 1.29 is 4.79 Å². The Bertz CT molecular complexity index is 789. The normalized spacial score (nSPS) is 10.3. The van der Waals surface area contributed by atoms with Crippen LogP contribution in [-0.2, 0) is 6.54 Å². The number of aromatic nitrogens is 2. The van der Waals surface area contributed by atoms with Crippen LogP contribution < -0.4 is 10.6 Å². The quantitative estimate of drug-likeness (QED) is 0.732. The van der Waals surface area contributed by atoms with Crippen LogP contribution in [0.2, 0.25) is 5.02 Å². The van der Waals surface area contributed by atoms with Gasteiger partial charge in [-0.05, 0) is 53.5 Å². The molecule has 0 aliphatic rings. The summed E-state index contributed by atoms with van der Waals surface area (Å²) in [6, 6.07) is 10.8. The molecular formula is C16H13ClN4OS. The van der Waals surface area contributed by atoms with Gasteiger partial charge in [-0.2, -0.15) is 4.37 Å². The number of hydrogen-bond donors (Lipinski definition) is 2. The van der Waals surface area contributed by atoms with Crippen molar-refractivity contribution in [3.05, 3.63) is 70.5 Å². The molecule has 3 aromatic rings. The summed E-state index contributed by atoms with van der Waals surface area (Å²) in [6.45, 7) is 0.599. The van der Waals surface area contributed by atoms with E-state index in [9.17, 15) is 4.79 Å². The fourth-order valence-electron chi connectivity index (χ4n) is 1.95. The average Bonchev–Trinajstić information content (AvgIpc) is 3.05. The molecule has 0 aliphatic heterocycles. The lowest BCUT2D eigenvalue weighted by Crippen LogP contribution is -2.14. The maximum absolute atomic E-state index is 12.3. The van der Waals surface area contributed by atoms with Crippen molar-refractivity contribution in [3.63, 3.8) is 0 Å². The van der Waals surface area contributed by atoms with Crippen molar-refractivity contribution in [1.29, 1.82) is 0 Å². The smallest absolute Gasteiger partial charge is 0.277 e. The second kappa shape index (κ2) is 7.21. The first-order chi connectivity index (χ1) is 11.2. The predicted octanol–water partition coefficient (Wildman–Crippen LogP) is 4.06. The Morgan fingerprint density at radius 2 is 1.87 bits per heavy atom. The molecule has 23 heavy (non-hydrogen) atoms. The molecule has 2 aromatic heterocycles. The SMILES string of the molecule is O=C(Nc1ccc(Cl)cc1)c1nscc1NCc1ccncc1. The van der Waals surface area contributed by atoms with Crippen LogP contribution in [0.3, 0.4) is 0 Å². The van der Waals surface area contributed by atoms with E-state index in [2.05, 4.69) is 20.0 Å². The summed E-state index contributed by atoms with van der Waals surface area (Å²) in [6.07, 6.45) is 3.47. The number of carbonyl (C=O) groups excluding carboxylic acids is 1. The van der Waals surface area contributed by atoms with Crippen molar-refractivity contribution in [1.82, 2.24) is 9.36 Å². The van der Waals surface area contributed by atoms with Crippen LogP contribution in [0.15, 0.2) is 54.2 Å². The molecule has 2 heterocycles. The number of nitrogens with zero attached hydrogens (tertiary/aromatic N) is 2. The summed E-state index contributed by atoms with van der Waals surface area (Å²) >= 11 is 7.07. The zero-order chi connectivity index (χ0) is 16.1. The Morgan fingerprint density at radius 3 is 2.61 bits per heavy atom. The van der Waals surface area contributed by atoms with Crippen LogP contribution in [0, 0.1) is 0 Å². The molecule has 0 unspecified atom stereocenters. The molecule has 1 aromatic carbocycles. The summed E-state index contributed by atoms with van der Waals surface area (Å²) < 4.78 is 4.17. The van der Waals surface area contributed by atoms with Crippen LogP contribution in [0.1, 0.15) is 16.1 Å². The molecule has 0 atom stereocenters. The summed E-state index contributed by atoms with van der Waals surface area (Å²) in [7, 11) is 0. The molecule has 0 saturated carbocycles. The Morgan fingerprint density at radius 1 is 1.13 bits per heavy atom. The first-order valence-corrected chi connectivity index (χ1v) is 8.08. The lowest BCUT2D eigenvalue weighted by molar-refractivity contribution is 0.102. The van der Waals surface area contributed by atoms with E-state index in [-0.39, 0.29) is 5.91 Å². The van der Waals surface area contributed by atoms with Gasteiger partial charge >= 0.3 is 0 Å². The third-order valence-corrected chi connectivity index (χ3v) is 4.00. The lowest BCUT2D eigenvalue weighted by Gasteiger charge is -2.07. The summed E-state index contributed by atoms with van der Waals surface area (Å²) in [5.74, 6) is -0.259. The number of nitrogens with one attached hydrogen (secondary N) is 2. The number of pyridine rings is 1. The second-order valence-corrected chi connectivity index (χ2v) is 5.81. The van der Waals surface area contributed by atoms with Gasteiger partial charge in [-0.15, -0.1) is 0 Å². The van der Waals surface area contributed by atoms with Crippen molar-refractivity contribution in [3.8, 4) is 0 Å². The lowest BCUT2D eigenvalue weighted by atomic mass is 10.2. The van der Waals surface area contributed by atoms with Crippen molar-refractivity contribution >= 4 is 40.4 Å². The molecule has 5 nitrogen and oxygen atoms in total. The molecule has 0 aliphatic carbocycles. The standard InChI is InChI=1S/C16H13ClN4OS/c17-12-1-3-13(4-2-12)20-16(22)15-14(10-23-21-15)19-9-11-5-7-18-8-6-11/h1-8,10,19H,9H2,(H,20,22). The van der Waals surface area contributed by atoms with E-state index in [0.29, 0.717) is 28.6 Å². The zero-order valence-corrected chi connectivity index (χ0v) is 13.6. The van der Waals surface area contributed by atoms with Crippen LogP contribution in [-0.4, -0.2) is 15.3 Å². The Hall–Kier alpha value is -2.44. The highest BCUT2D eigenvalue weighted by atomic mass is 35.5. The largest absolute Gasteiger partial charge is 0.378 e. The minimum atomic E-state index is -0.259. The molecular weight excluding hydrogens is 332 g/mol. The molecule has 0 radical (unpaired) electrons. The van der Waals surface area contributed by atoms with Gasteiger partial charge in [0.2, 0.25) is 0 Å². The topological polar surface area (TPSA) is 66.9 Å². The first-order valence-electron chi connectivity index (χ1n) is 6.86. The van der Waals surface area contributed by atoms with Crippen molar-refractivity contribution in [2.24, 2.45) is 0 Å². The third kappa shape index (κ3) is 4.06. The molecule has 116 valence electrons. The molecule has 7 heteroatoms. The van der Waals surface area contributed by atoms with E-state index >= 15 is 0 Å². The average molecular weight is 345 g/mol. The predicted molar refractivity (Wildman–Crippen MR) is 93.1 cm³/mol. The Balaban J connectivity index is 1.67. The van der Waals surface area contributed by atoms with E-state index < -0.39 is 0 Å². The Labute approximate surface area is 142 Å². The molecule has 3 rings (SSSR count). The van der Waals surface area contributed by atoms with Crippen molar-refractivity contribution in [2.75, 3.05) is 10.6 Å². The molecule has 0 spiro atoms. The minimum absolute atomic E-state index is 0.259. The highest BCUT2D eigenvalue weighted by Gasteiger charge is 2.15. The summed E-state index contributed by atoms with van der Waals surface area (Å²) in [4.78, 5) is 16.3. The van der Waals surface area contributed by atoms with Gasteiger partial charge in [0.1, 0.15) is 0 Å². The third-order valence-electron chi connectivity index (χ3n) is 3.12. The fourth-order valence-corrected chi connectivity index (χ4v) is 2.71. The summed E-state index contributed by atoms with van der Waals surface area (Å²) in [5, 5.41) is 8.47. The van der Waals surface area contributed by atoms with E-state index in [1.807, 2.05) is 17.5 Å². The monoisotopic (exact) mass is 344 g/mol. The van der Waals surface area contributed by atoms with Gasteiger partial charge in [-0.3, -0.25) is 9.78 Å². The number of benzene rings is 1. The van der Waals surface area contributed by atoms with Crippen LogP contribution in [0.4, 0.5) is 11.4 Å². The van der Waals surface area contributed by atoms with E-state index in [4.69, 9.17) is 11.6 Å². The van der Waals surface area contributed by atoms with Crippen molar-refractivity contribution in [2.45, 2.75) is 6.54 Å². The van der Waals surface area contributed by atoms with E-state index in [0.717, 1.165) is 5.56 Å². The number of hydrogen-bond acceptors (Lipinski definition) is 5. The van der Waals surface area contributed by atoms with Crippen LogP contribution in [0.5, 0.6) is 0 Å². The van der Waals surface area contributed by atoms with Gasteiger partial charge in [0.25, 0.3) is 5.91 Å². The molecule has 0 bridgehead atoms. The highest BCUT2D eigenvalue weighted by Crippen LogP contribution is 2.20. The highest BCUT2D eigenvalue weighted by molar-refractivity contribution is 7.04. The second-order valence-electron chi connectivity index (χ2n) is 4.75. The number of carbonyl (C=O) groups is 1.